The average molecular weight is 378 g/mol. The van der Waals surface area contributed by atoms with Crippen molar-refractivity contribution in [2.24, 2.45) is 0 Å². The highest BCUT2D eigenvalue weighted by atomic mass is 19.1. The maximum absolute atomic E-state index is 13.8. The lowest BCUT2D eigenvalue weighted by Gasteiger charge is -2.22. The van der Waals surface area contributed by atoms with Gasteiger partial charge in [0.15, 0.2) is 11.5 Å². The number of likely N-dealkylation sites (tertiary alicyclic amines) is 1. The summed E-state index contributed by atoms with van der Waals surface area (Å²) in [5.41, 5.74) is 0.432. The summed E-state index contributed by atoms with van der Waals surface area (Å²) >= 11 is 0. The molecule has 0 spiro atoms. The van der Waals surface area contributed by atoms with Crippen molar-refractivity contribution in [1.82, 2.24) is 20.5 Å². The Morgan fingerprint density at radius 2 is 2.22 bits per heavy atom. The molecule has 2 atom stereocenters. The molecule has 9 heteroatoms. The number of rotatable bonds is 6. The van der Waals surface area contributed by atoms with Crippen LogP contribution in [0.25, 0.3) is 0 Å². The lowest BCUT2D eigenvalue weighted by Crippen LogP contribution is -2.42. The van der Waals surface area contributed by atoms with E-state index in [9.17, 15) is 18.4 Å². The van der Waals surface area contributed by atoms with Gasteiger partial charge in [0.2, 0.25) is 5.91 Å². The number of carbonyl (C=O) groups excluding carboxylic acids is 2. The minimum atomic E-state index is -1.03. The maximum atomic E-state index is 13.8. The Bertz CT molecular complexity index is 813. The van der Waals surface area contributed by atoms with Crippen LogP contribution in [-0.2, 0) is 11.3 Å². The van der Waals surface area contributed by atoms with Gasteiger partial charge in [0.25, 0.3) is 5.91 Å². The Kier molecular flexibility index (Phi) is 5.80. The van der Waals surface area contributed by atoms with E-state index in [-0.39, 0.29) is 11.9 Å². The largest absolute Gasteiger partial charge is 0.472 e. The molecule has 2 aromatic rings. The van der Waals surface area contributed by atoms with Gasteiger partial charge in [-0.1, -0.05) is 0 Å². The van der Waals surface area contributed by atoms with Gasteiger partial charge in [-0.3, -0.25) is 14.5 Å². The van der Waals surface area contributed by atoms with Crippen LogP contribution in [0.3, 0.4) is 0 Å². The summed E-state index contributed by atoms with van der Waals surface area (Å²) in [5.74, 6) is -2.75. The fourth-order valence-electron chi connectivity index (χ4n) is 3.20. The first kappa shape index (κ1) is 19.0. The second-order valence-electron chi connectivity index (χ2n) is 6.36. The van der Waals surface area contributed by atoms with Gasteiger partial charge in [-0.15, -0.1) is 0 Å². The summed E-state index contributed by atoms with van der Waals surface area (Å²) in [6, 6.07) is 1.61. The van der Waals surface area contributed by atoms with Crippen molar-refractivity contribution in [3.05, 3.63) is 53.7 Å². The number of likely N-dealkylation sites (N-methyl/N-ethyl adjacent to an activating group) is 1. The highest BCUT2D eigenvalue weighted by Crippen LogP contribution is 2.22. The maximum Gasteiger partial charge on any atom is 0.273 e. The van der Waals surface area contributed by atoms with E-state index in [0.717, 1.165) is 11.8 Å². The summed E-state index contributed by atoms with van der Waals surface area (Å²) < 4.78 is 31.8. The van der Waals surface area contributed by atoms with Crippen LogP contribution in [0.4, 0.5) is 8.78 Å². The van der Waals surface area contributed by atoms with E-state index < -0.39 is 29.3 Å². The Morgan fingerprint density at radius 3 is 2.89 bits per heavy atom. The molecule has 2 aromatic heterocycles. The number of furan rings is 1. The first-order valence-electron chi connectivity index (χ1n) is 8.62. The monoisotopic (exact) mass is 378 g/mol. The molecule has 0 aromatic carbocycles. The number of hydrogen-bond acceptors (Lipinski definition) is 5. The number of carbonyl (C=O) groups is 2. The number of hydrogen-bond donors (Lipinski definition) is 2. The Labute approximate surface area is 154 Å². The lowest BCUT2D eigenvalue weighted by atomic mass is 10.1. The van der Waals surface area contributed by atoms with Crippen LogP contribution in [0.1, 0.15) is 29.4 Å². The molecule has 2 amide bonds. The smallest absolute Gasteiger partial charge is 0.273 e. The Morgan fingerprint density at radius 1 is 1.41 bits per heavy atom. The van der Waals surface area contributed by atoms with Crippen LogP contribution in [0.5, 0.6) is 0 Å². The first-order valence-corrected chi connectivity index (χ1v) is 8.62. The molecule has 3 heterocycles. The van der Waals surface area contributed by atoms with E-state index in [2.05, 4.69) is 15.6 Å². The van der Waals surface area contributed by atoms with Gasteiger partial charge >= 0.3 is 0 Å². The van der Waals surface area contributed by atoms with E-state index in [4.69, 9.17) is 4.42 Å². The second-order valence-corrected chi connectivity index (χ2v) is 6.36. The SMILES string of the molecule is CCNC(=O)[C@@H]1C[C@H](NC(=O)c2ncc(F)cc2F)CN1Cc1ccoc1. The van der Waals surface area contributed by atoms with E-state index in [1.807, 2.05) is 11.8 Å². The van der Waals surface area contributed by atoms with Crippen LogP contribution in [0, 0.1) is 11.6 Å². The summed E-state index contributed by atoms with van der Waals surface area (Å²) in [6.45, 7) is 3.21. The van der Waals surface area contributed by atoms with Gasteiger partial charge in [-0.2, -0.15) is 0 Å². The van der Waals surface area contributed by atoms with Gasteiger partial charge < -0.3 is 15.1 Å². The van der Waals surface area contributed by atoms with E-state index >= 15 is 0 Å². The van der Waals surface area contributed by atoms with Gasteiger partial charge in [0.1, 0.15) is 5.82 Å². The molecule has 1 aliphatic heterocycles. The predicted octanol–water partition coefficient (Wildman–Crippen LogP) is 1.46. The van der Waals surface area contributed by atoms with Crippen molar-refractivity contribution < 1.29 is 22.8 Å². The molecule has 1 fully saturated rings. The van der Waals surface area contributed by atoms with Gasteiger partial charge in [-0.25, -0.2) is 13.8 Å². The third-order valence-corrected chi connectivity index (χ3v) is 4.38. The molecular weight excluding hydrogens is 358 g/mol. The highest BCUT2D eigenvalue weighted by Gasteiger charge is 2.37. The summed E-state index contributed by atoms with van der Waals surface area (Å²) in [7, 11) is 0. The molecule has 2 N–H and O–H groups in total. The standard InChI is InChI=1S/C18H20F2N4O3/c1-2-21-17(25)15-6-13(9-24(15)8-11-3-4-27-10-11)23-18(26)16-14(20)5-12(19)7-22-16/h3-5,7,10,13,15H,2,6,8-9H2,1H3,(H,21,25)(H,23,26)/t13-,15-/m0/s1. The predicted molar refractivity (Wildman–Crippen MR) is 91.6 cm³/mol. The Balaban J connectivity index is 1.70. The molecule has 7 nitrogen and oxygen atoms in total. The van der Waals surface area contributed by atoms with Crippen molar-refractivity contribution >= 4 is 11.8 Å². The first-order chi connectivity index (χ1) is 13.0. The molecule has 27 heavy (non-hydrogen) atoms. The number of nitrogens with one attached hydrogen (secondary N) is 2. The normalized spacial score (nSPS) is 19.8. The lowest BCUT2D eigenvalue weighted by molar-refractivity contribution is -0.125. The minimum Gasteiger partial charge on any atom is -0.472 e. The minimum absolute atomic E-state index is 0.135. The van der Waals surface area contributed by atoms with Crippen LogP contribution in [-0.4, -0.2) is 46.9 Å². The molecule has 144 valence electrons. The fraction of sp³-hybridized carbons (Fsp3) is 0.389. The molecule has 1 aliphatic rings. The van der Waals surface area contributed by atoms with E-state index in [1.165, 1.54) is 0 Å². The van der Waals surface area contributed by atoms with Crippen LogP contribution in [0.15, 0.2) is 35.3 Å². The molecule has 1 saturated heterocycles. The van der Waals surface area contributed by atoms with Crippen LogP contribution < -0.4 is 10.6 Å². The van der Waals surface area contributed by atoms with Crippen molar-refractivity contribution in [2.75, 3.05) is 13.1 Å². The van der Waals surface area contributed by atoms with Gasteiger partial charge in [0, 0.05) is 37.3 Å². The summed E-state index contributed by atoms with van der Waals surface area (Å²) in [5, 5.41) is 5.47. The molecule has 3 rings (SSSR count). The van der Waals surface area contributed by atoms with Gasteiger partial charge in [-0.05, 0) is 19.4 Å². The zero-order chi connectivity index (χ0) is 19.4. The highest BCUT2D eigenvalue weighted by molar-refractivity contribution is 5.93. The number of halogens is 2. The zero-order valence-electron chi connectivity index (χ0n) is 14.7. The van der Waals surface area contributed by atoms with E-state index in [0.29, 0.717) is 32.1 Å². The molecule has 0 aliphatic carbocycles. The summed E-state index contributed by atoms with van der Waals surface area (Å²) in [4.78, 5) is 30.1. The van der Waals surface area contributed by atoms with E-state index in [1.54, 1.807) is 18.6 Å². The number of aromatic nitrogens is 1. The quantitative estimate of drug-likeness (QED) is 0.795. The van der Waals surface area contributed by atoms with Crippen LogP contribution in [0.2, 0.25) is 0 Å². The zero-order valence-corrected chi connectivity index (χ0v) is 14.7. The van der Waals surface area contributed by atoms with Crippen molar-refractivity contribution in [1.29, 1.82) is 0 Å². The Hall–Kier alpha value is -2.81. The topological polar surface area (TPSA) is 87.5 Å². The molecular formula is C18H20F2N4O3. The fourth-order valence-corrected chi connectivity index (χ4v) is 3.20. The molecule has 0 saturated carbocycles. The average Bonchev–Trinajstić information content (AvgIpc) is 3.25. The third kappa shape index (κ3) is 4.48. The van der Waals surface area contributed by atoms with Crippen LogP contribution >= 0.6 is 0 Å². The van der Waals surface area contributed by atoms with Crippen molar-refractivity contribution in [3.8, 4) is 0 Å². The van der Waals surface area contributed by atoms with Crippen molar-refractivity contribution in [2.45, 2.75) is 32.0 Å². The third-order valence-electron chi connectivity index (χ3n) is 4.38. The molecule has 0 radical (unpaired) electrons. The van der Waals surface area contributed by atoms with Crippen molar-refractivity contribution in [3.63, 3.8) is 0 Å². The second kappa shape index (κ2) is 8.26. The summed E-state index contributed by atoms with van der Waals surface area (Å²) in [6.07, 6.45) is 4.31. The molecule has 0 bridgehead atoms. The number of pyridine rings is 1. The van der Waals surface area contributed by atoms with Gasteiger partial charge in [0.05, 0.1) is 24.8 Å². The number of amides is 2. The molecule has 0 unspecified atom stereocenters. The number of nitrogens with zero attached hydrogens (tertiary/aromatic N) is 2.